The molecule has 1 heterocycles. The van der Waals surface area contributed by atoms with Crippen molar-refractivity contribution >= 4 is 8.07 Å². The number of rotatable bonds is 7. The van der Waals surface area contributed by atoms with Crippen molar-refractivity contribution in [3.05, 3.63) is 12.2 Å². The largest absolute Gasteiger partial charge is 0.386 e. The molecule has 4 nitrogen and oxygen atoms in total. The summed E-state index contributed by atoms with van der Waals surface area (Å²) in [4.78, 5) is 0. The number of hydrogen-bond donors (Lipinski definition) is 1. The molecule has 36 heavy (non-hydrogen) atoms. The smallest absolute Gasteiger partial charge is 0.147 e. The molecule has 1 N–H and O–H groups in total. The van der Waals surface area contributed by atoms with Crippen LogP contribution in [0, 0.1) is 46.8 Å². The van der Waals surface area contributed by atoms with E-state index in [1.165, 1.54) is 12.5 Å². The van der Waals surface area contributed by atoms with Gasteiger partial charge in [-0.25, -0.2) is 0 Å². The van der Waals surface area contributed by atoms with E-state index < -0.39 is 19.3 Å². The molecule has 0 aromatic heterocycles. The fourth-order valence-corrected chi connectivity index (χ4v) is 10.3. The Morgan fingerprint density at radius 1 is 1.06 bits per heavy atom. The number of fused-ring (bicyclic) bond motifs is 3. The van der Waals surface area contributed by atoms with Gasteiger partial charge in [-0.3, -0.25) is 0 Å². The molecule has 3 saturated carbocycles. The van der Waals surface area contributed by atoms with E-state index in [2.05, 4.69) is 73.3 Å². The molecular weight excluding hydrogens is 464 g/mol. The van der Waals surface area contributed by atoms with Crippen LogP contribution in [0.25, 0.3) is 0 Å². The first-order valence-electron chi connectivity index (χ1n) is 15.0. The van der Waals surface area contributed by atoms with Crippen molar-refractivity contribution in [1.29, 1.82) is 0 Å². The molecule has 1 aliphatic heterocycles. The molecule has 5 aliphatic rings. The van der Waals surface area contributed by atoms with E-state index in [9.17, 15) is 5.11 Å². The van der Waals surface area contributed by atoms with Crippen LogP contribution in [-0.2, 0) is 14.2 Å². The van der Waals surface area contributed by atoms with Crippen molar-refractivity contribution in [2.45, 2.75) is 122 Å². The van der Waals surface area contributed by atoms with Crippen LogP contribution >= 0.6 is 0 Å². The number of ether oxygens (including phenoxy) is 3. The molecule has 0 bridgehead atoms. The van der Waals surface area contributed by atoms with Gasteiger partial charge in [0, 0.05) is 20.6 Å². The molecule has 1 saturated heterocycles. The second kappa shape index (κ2) is 8.91. The van der Waals surface area contributed by atoms with Gasteiger partial charge in [0.25, 0.3) is 0 Å². The van der Waals surface area contributed by atoms with E-state index in [1.54, 1.807) is 0 Å². The minimum atomic E-state index is -1.10. The molecule has 0 radical (unpaired) electrons. The molecule has 11 atom stereocenters. The first-order chi connectivity index (χ1) is 16.7. The van der Waals surface area contributed by atoms with Crippen LogP contribution in [0.1, 0.15) is 73.6 Å². The highest BCUT2D eigenvalue weighted by atomic mass is 28.3. The van der Waals surface area contributed by atoms with E-state index in [1.807, 2.05) is 0 Å². The second-order valence-electron chi connectivity index (χ2n) is 15.6. The SMILES string of the molecule is CC(C)[C@@H]1[C@@H](OCOCC[Si](C)(C)C)C[C@@]2(C)C[C@H]3[C@H](C)/C=C\[C@@H]4[C@H](C)CC[C@@]45O[C@@]5(C)[C@]3(O)C[C@H]12. The Hall–Kier alpha value is -0.203. The predicted octanol–water partition coefficient (Wildman–Crippen LogP) is 6.90. The average molecular weight is 519 g/mol. The maximum atomic E-state index is 12.8. The zero-order valence-corrected chi connectivity index (χ0v) is 25.6. The quantitative estimate of drug-likeness (QED) is 0.131. The van der Waals surface area contributed by atoms with Crippen molar-refractivity contribution in [2.75, 3.05) is 13.4 Å². The standard InChI is InChI=1S/C31H54O4Si/c1-20(2)27-25-17-30(32)24(16-28(25,5)18-26(27)34-19-33-14-15-36(7,8)9)21(3)10-11-23-22(4)12-13-31(23)29(30,6)35-31/h10-11,20-27,32H,12-19H2,1-9H3/b11-10-/t21-,22-,23-,24+,25-,26+,27+,28-,29+,30+,31-/m1/s1. The minimum absolute atomic E-state index is 0.171. The first-order valence-corrected chi connectivity index (χ1v) is 18.7. The van der Waals surface area contributed by atoms with E-state index in [0.717, 1.165) is 32.3 Å². The Morgan fingerprint density at radius 3 is 2.44 bits per heavy atom. The second-order valence-corrected chi connectivity index (χ2v) is 21.2. The van der Waals surface area contributed by atoms with E-state index in [-0.39, 0.29) is 23.0 Å². The zero-order valence-electron chi connectivity index (χ0n) is 24.6. The topological polar surface area (TPSA) is 51.2 Å². The molecule has 206 valence electrons. The summed E-state index contributed by atoms with van der Waals surface area (Å²) >= 11 is 0. The highest BCUT2D eigenvalue weighted by molar-refractivity contribution is 6.76. The van der Waals surface area contributed by atoms with Gasteiger partial charge in [-0.05, 0) is 86.0 Å². The van der Waals surface area contributed by atoms with Gasteiger partial charge < -0.3 is 19.3 Å². The van der Waals surface area contributed by atoms with E-state index in [0.29, 0.717) is 42.3 Å². The van der Waals surface area contributed by atoms with Gasteiger partial charge in [-0.15, -0.1) is 0 Å². The van der Waals surface area contributed by atoms with Crippen molar-refractivity contribution < 1.29 is 19.3 Å². The summed E-state index contributed by atoms with van der Waals surface area (Å²) in [6.07, 6.45) is 10.3. The fraction of sp³-hybridized carbons (Fsp3) is 0.935. The van der Waals surface area contributed by atoms with Crippen molar-refractivity contribution in [3.8, 4) is 0 Å². The highest BCUT2D eigenvalue weighted by Crippen LogP contribution is 2.73. The fourth-order valence-electron chi connectivity index (χ4n) is 9.54. The normalized spacial score (nSPS) is 52.7. The third kappa shape index (κ3) is 4.05. The summed E-state index contributed by atoms with van der Waals surface area (Å²) in [5.74, 6) is 3.01. The predicted molar refractivity (Wildman–Crippen MR) is 148 cm³/mol. The summed E-state index contributed by atoms with van der Waals surface area (Å²) in [5.41, 5.74) is -1.23. The Kier molecular flexibility index (Phi) is 6.77. The van der Waals surface area contributed by atoms with Gasteiger partial charge in [0.15, 0.2) is 0 Å². The van der Waals surface area contributed by atoms with Crippen LogP contribution in [0.3, 0.4) is 0 Å². The molecule has 0 aromatic rings. The van der Waals surface area contributed by atoms with Crippen molar-refractivity contribution in [1.82, 2.24) is 0 Å². The lowest BCUT2D eigenvalue weighted by Gasteiger charge is -2.55. The lowest BCUT2D eigenvalue weighted by atomic mass is 9.50. The Morgan fingerprint density at radius 2 is 1.78 bits per heavy atom. The molecule has 0 aromatic carbocycles. The Bertz CT molecular complexity index is 867. The average Bonchev–Trinajstić information content (AvgIpc) is 3.10. The summed E-state index contributed by atoms with van der Waals surface area (Å²) in [5, 5.41) is 12.8. The summed E-state index contributed by atoms with van der Waals surface area (Å²) in [7, 11) is -1.10. The lowest BCUT2D eigenvalue weighted by Crippen LogP contribution is -2.62. The molecular formula is C31H54O4Si. The molecule has 4 fully saturated rings. The maximum Gasteiger partial charge on any atom is 0.147 e. The molecule has 0 amide bonds. The van der Waals surface area contributed by atoms with Crippen LogP contribution in [0.15, 0.2) is 12.2 Å². The van der Waals surface area contributed by atoms with Gasteiger partial charge in [0.1, 0.15) is 18.0 Å². The zero-order chi connectivity index (χ0) is 26.3. The van der Waals surface area contributed by atoms with Crippen molar-refractivity contribution in [2.24, 2.45) is 46.8 Å². The summed E-state index contributed by atoms with van der Waals surface area (Å²) in [6.45, 7) is 22.5. The highest BCUT2D eigenvalue weighted by Gasteiger charge is 2.82. The molecule has 5 rings (SSSR count). The third-order valence-electron chi connectivity index (χ3n) is 11.8. The molecule has 0 unspecified atom stereocenters. The number of hydrogen-bond acceptors (Lipinski definition) is 4. The van der Waals surface area contributed by atoms with Crippen molar-refractivity contribution in [3.63, 3.8) is 0 Å². The van der Waals surface area contributed by atoms with Crippen LogP contribution in [0.4, 0.5) is 0 Å². The number of epoxide rings is 1. The molecule has 1 spiro atoms. The third-order valence-corrected chi connectivity index (χ3v) is 13.5. The van der Waals surface area contributed by atoms with Crippen LogP contribution in [0.5, 0.6) is 0 Å². The Balaban J connectivity index is 1.39. The molecule has 4 aliphatic carbocycles. The minimum Gasteiger partial charge on any atom is -0.386 e. The van der Waals surface area contributed by atoms with Crippen LogP contribution in [-0.4, -0.2) is 49.5 Å². The van der Waals surface area contributed by atoms with E-state index in [4.69, 9.17) is 14.2 Å². The first kappa shape index (κ1) is 27.4. The van der Waals surface area contributed by atoms with E-state index >= 15 is 0 Å². The van der Waals surface area contributed by atoms with Gasteiger partial charge >= 0.3 is 0 Å². The maximum absolute atomic E-state index is 12.8. The number of aliphatic hydroxyl groups is 1. The summed E-state index contributed by atoms with van der Waals surface area (Å²) in [6, 6.07) is 1.18. The Labute approximate surface area is 221 Å². The summed E-state index contributed by atoms with van der Waals surface area (Å²) < 4.78 is 19.3. The molecule has 5 heteroatoms. The monoisotopic (exact) mass is 518 g/mol. The van der Waals surface area contributed by atoms with Crippen LogP contribution < -0.4 is 0 Å². The van der Waals surface area contributed by atoms with Gasteiger partial charge in [0.2, 0.25) is 0 Å². The van der Waals surface area contributed by atoms with Gasteiger partial charge in [-0.2, -0.15) is 0 Å². The van der Waals surface area contributed by atoms with Crippen LogP contribution in [0.2, 0.25) is 25.7 Å². The number of allylic oxidation sites excluding steroid dienone is 1. The van der Waals surface area contributed by atoms with Gasteiger partial charge in [0.05, 0.1) is 11.7 Å². The van der Waals surface area contributed by atoms with Gasteiger partial charge in [-0.1, -0.05) is 66.4 Å². The lowest BCUT2D eigenvalue weighted by molar-refractivity contribution is -0.162.